The fourth-order valence-corrected chi connectivity index (χ4v) is 5.49. The van der Waals surface area contributed by atoms with Crippen LogP contribution in [0, 0.1) is 5.92 Å². The van der Waals surface area contributed by atoms with Crippen molar-refractivity contribution >= 4 is 17.7 Å². The standard InChI is InChI=1S/C29H33N5O4/c35-27(36)15-24(22-7-10-26(31-16-22)38-18-19-3-4-19)34-13-12-33-17-20(14-25(33)29(34)37)5-8-23-9-6-21-2-1-11-30-28(21)32-23/h1-2,7,10-11,14,16-17,19,23-24H,3-6,8-9,12-13,15,18H2,(H,30,32)(H,35,36)/t23?,24-/m0/s1. The molecule has 38 heavy (non-hydrogen) atoms. The number of carboxylic acid groups (broad SMARTS) is 1. The number of ether oxygens (including phenoxy) is 1. The Balaban J connectivity index is 1.12. The van der Waals surface area contributed by atoms with Crippen LogP contribution in [-0.4, -0.2) is 55.6 Å². The lowest BCUT2D eigenvalue weighted by atomic mass is 9.96. The number of nitrogens with one attached hydrogen (secondary N) is 1. The summed E-state index contributed by atoms with van der Waals surface area (Å²) >= 11 is 0. The first-order valence-electron chi connectivity index (χ1n) is 13.5. The van der Waals surface area contributed by atoms with E-state index in [1.807, 2.05) is 29.0 Å². The number of nitrogens with zero attached hydrogens (tertiary/aromatic N) is 4. The number of carbonyl (C=O) groups is 2. The minimum Gasteiger partial charge on any atom is -0.481 e. The van der Waals surface area contributed by atoms with Crippen LogP contribution in [0.2, 0.25) is 0 Å². The van der Waals surface area contributed by atoms with Crippen molar-refractivity contribution in [3.63, 3.8) is 0 Å². The Morgan fingerprint density at radius 2 is 2.08 bits per heavy atom. The third kappa shape index (κ3) is 5.37. The molecule has 0 aromatic carbocycles. The van der Waals surface area contributed by atoms with Gasteiger partial charge in [0, 0.05) is 43.8 Å². The summed E-state index contributed by atoms with van der Waals surface area (Å²) in [6.07, 6.45) is 11.7. The molecule has 9 heteroatoms. The van der Waals surface area contributed by atoms with E-state index in [9.17, 15) is 14.7 Å². The number of aryl methyl sites for hydroxylation is 2. The Morgan fingerprint density at radius 3 is 2.87 bits per heavy atom. The molecule has 0 radical (unpaired) electrons. The first-order chi connectivity index (χ1) is 18.5. The van der Waals surface area contributed by atoms with Crippen LogP contribution in [0.5, 0.6) is 5.88 Å². The molecule has 2 atom stereocenters. The maximum Gasteiger partial charge on any atom is 0.305 e. The van der Waals surface area contributed by atoms with Crippen molar-refractivity contribution in [2.45, 2.75) is 63.6 Å². The van der Waals surface area contributed by atoms with Gasteiger partial charge in [-0.15, -0.1) is 0 Å². The van der Waals surface area contributed by atoms with Gasteiger partial charge in [0.1, 0.15) is 11.5 Å². The zero-order valence-corrected chi connectivity index (χ0v) is 21.4. The second-order valence-electron chi connectivity index (χ2n) is 10.7. The quantitative estimate of drug-likeness (QED) is 0.418. The summed E-state index contributed by atoms with van der Waals surface area (Å²) in [5.74, 6) is 1.04. The average molecular weight is 516 g/mol. The van der Waals surface area contributed by atoms with E-state index in [-0.39, 0.29) is 12.3 Å². The van der Waals surface area contributed by atoms with Crippen LogP contribution in [-0.2, 0) is 24.2 Å². The van der Waals surface area contributed by atoms with Crippen LogP contribution in [0.25, 0.3) is 0 Å². The maximum atomic E-state index is 13.6. The second kappa shape index (κ2) is 10.5. The molecule has 0 spiro atoms. The van der Waals surface area contributed by atoms with E-state index < -0.39 is 12.0 Å². The van der Waals surface area contributed by atoms with E-state index in [0.29, 0.717) is 48.8 Å². The van der Waals surface area contributed by atoms with Crippen molar-refractivity contribution in [1.82, 2.24) is 19.4 Å². The lowest BCUT2D eigenvalue weighted by molar-refractivity contribution is -0.138. The monoisotopic (exact) mass is 515 g/mol. The van der Waals surface area contributed by atoms with Crippen LogP contribution in [0.15, 0.2) is 48.9 Å². The van der Waals surface area contributed by atoms with Crippen LogP contribution in [0.3, 0.4) is 0 Å². The molecule has 1 fully saturated rings. The minimum atomic E-state index is -0.949. The van der Waals surface area contributed by atoms with E-state index >= 15 is 0 Å². The van der Waals surface area contributed by atoms with Gasteiger partial charge < -0.3 is 24.6 Å². The molecular formula is C29H33N5O4. The molecule has 3 aromatic heterocycles. The van der Waals surface area contributed by atoms with E-state index in [1.165, 1.54) is 18.4 Å². The molecule has 0 bridgehead atoms. The van der Waals surface area contributed by atoms with E-state index in [2.05, 4.69) is 27.5 Å². The summed E-state index contributed by atoms with van der Waals surface area (Å²) in [5, 5.41) is 13.2. The highest BCUT2D eigenvalue weighted by atomic mass is 16.5. The minimum absolute atomic E-state index is 0.142. The lowest BCUT2D eigenvalue weighted by Crippen LogP contribution is -2.43. The Bertz CT molecular complexity index is 1320. The largest absolute Gasteiger partial charge is 0.481 e. The summed E-state index contributed by atoms with van der Waals surface area (Å²) in [5.41, 5.74) is 3.71. The number of carboxylic acids is 1. The molecule has 198 valence electrons. The summed E-state index contributed by atoms with van der Waals surface area (Å²) in [7, 11) is 0. The molecule has 0 saturated heterocycles. The molecule has 3 aromatic rings. The number of anilines is 1. The van der Waals surface area contributed by atoms with E-state index in [0.717, 1.165) is 37.1 Å². The molecule has 2 N–H and O–H groups in total. The number of pyridine rings is 2. The van der Waals surface area contributed by atoms with Gasteiger partial charge in [-0.3, -0.25) is 9.59 Å². The van der Waals surface area contributed by atoms with Crippen molar-refractivity contribution in [1.29, 1.82) is 0 Å². The number of rotatable bonds is 10. The Hall–Kier alpha value is -3.88. The summed E-state index contributed by atoms with van der Waals surface area (Å²) in [6, 6.07) is 9.43. The number of hydrogen-bond donors (Lipinski definition) is 2. The third-order valence-corrected chi connectivity index (χ3v) is 7.84. The molecule has 2 aliphatic heterocycles. The van der Waals surface area contributed by atoms with Gasteiger partial charge in [0.15, 0.2) is 0 Å². The highest BCUT2D eigenvalue weighted by Gasteiger charge is 2.33. The molecule has 1 unspecified atom stereocenters. The predicted molar refractivity (Wildman–Crippen MR) is 141 cm³/mol. The van der Waals surface area contributed by atoms with Crippen LogP contribution in [0.1, 0.15) is 65.3 Å². The van der Waals surface area contributed by atoms with Crippen molar-refractivity contribution in [3.05, 3.63) is 71.3 Å². The third-order valence-electron chi connectivity index (χ3n) is 7.84. The average Bonchev–Trinajstić information content (AvgIpc) is 3.67. The normalized spacial score (nSPS) is 19.3. The maximum absolute atomic E-state index is 13.6. The summed E-state index contributed by atoms with van der Waals surface area (Å²) in [4.78, 5) is 35.8. The number of carbonyl (C=O) groups excluding carboxylic acids is 1. The zero-order chi connectivity index (χ0) is 26.1. The van der Waals surface area contributed by atoms with Gasteiger partial charge in [-0.1, -0.05) is 12.1 Å². The SMILES string of the molecule is O=C(O)C[C@@H](c1ccc(OCC2CC2)nc1)N1CCn2cc(CCC3CCc4cccnc4N3)cc2C1=O. The van der Waals surface area contributed by atoms with Crippen LogP contribution < -0.4 is 10.1 Å². The topological polar surface area (TPSA) is 110 Å². The second-order valence-corrected chi connectivity index (χ2v) is 10.7. The first-order valence-corrected chi connectivity index (χ1v) is 13.5. The molecule has 1 saturated carbocycles. The zero-order valence-electron chi connectivity index (χ0n) is 21.4. The molecule has 1 aliphatic carbocycles. The van der Waals surface area contributed by atoms with E-state index in [4.69, 9.17) is 4.74 Å². The fraction of sp³-hybridized carbons (Fsp3) is 0.448. The summed E-state index contributed by atoms with van der Waals surface area (Å²) in [6.45, 7) is 1.74. The highest BCUT2D eigenvalue weighted by molar-refractivity contribution is 5.94. The van der Waals surface area contributed by atoms with Gasteiger partial charge in [0.2, 0.25) is 5.88 Å². The summed E-state index contributed by atoms with van der Waals surface area (Å²) < 4.78 is 7.73. The molecular weight excluding hydrogens is 482 g/mol. The van der Waals surface area contributed by atoms with Gasteiger partial charge in [-0.2, -0.15) is 0 Å². The predicted octanol–water partition coefficient (Wildman–Crippen LogP) is 4.10. The fourth-order valence-electron chi connectivity index (χ4n) is 5.49. The molecule has 5 heterocycles. The molecule has 6 rings (SSSR count). The molecule has 1 amide bonds. The number of hydrogen-bond acceptors (Lipinski definition) is 6. The van der Waals surface area contributed by atoms with Gasteiger partial charge >= 0.3 is 5.97 Å². The van der Waals surface area contributed by atoms with Gasteiger partial charge in [0.05, 0.1) is 19.1 Å². The number of aliphatic carboxylic acids is 1. The van der Waals surface area contributed by atoms with Crippen molar-refractivity contribution in [2.24, 2.45) is 5.92 Å². The smallest absolute Gasteiger partial charge is 0.305 e. The Kier molecular flexibility index (Phi) is 6.74. The molecule has 9 nitrogen and oxygen atoms in total. The van der Waals surface area contributed by atoms with Crippen LogP contribution in [0.4, 0.5) is 5.82 Å². The number of amides is 1. The molecule has 3 aliphatic rings. The Morgan fingerprint density at radius 1 is 1.18 bits per heavy atom. The van der Waals surface area contributed by atoms with Gasteiger partial charge in [-0.05, 0) is 73.3 Å². The Labute approximate surface area is 221 Å². The number of aromatic nitrogens is 3. The van der Waals surface area contributed by atoms with Gasteiger partial charge in [0.25, 0.3) is 5.91 Å². The van der Waals surface area contributed by atoms with Crippen molar-refractivity contribution in [2.75, 3.05) is 18.5 Å². The lowest BCUT2D eigenvalue weighted by Gasteiger charge is -2.34. The van der Waals surface area contributed by atoms with Crippen molar-refractivity contribution < 1.29 is 19.4 Å². The highest BCUT2D eigenvalue weighted by Crippen LogP contribution is 2.32. The number of fused-ring (bicyclic) bond motifs is 2. The first kappa shape index (κ1) is 24.5. The van der Waals surface area contributed by atoms with Crippen LogP contribution >= 0.6 is 0 Å². The van der Waals surface area contributed by atoms with Crippen molar-refractivity contribution in [3.8, 4) is 5.88 Å². The van der Waals surface area contributed by atoms with Gasteiger partial charge in [-0.25, -0.2) is 9.97 Å². The van der Waals surface area contributed by atoms with E-state index in [1.54, 1.807) is 17.2 Å².